The lowest BCUT2D eigenvalue weighted by molar-refractivity contribution is 0.0162. The lowest BCUT2D eigenvalue weighted by atomic mass is 10.0. The maximum Gasteiger partial charge on any atom is 0.252 e. The summed E-state index contributed by atoms with van der Waals surface area (Å²) in [5.41, 5.74) is 1.68. The quantitative estimate of drug-likeness (QED) is 0.704. The highest BCUT2D eigenvalue weighted by Crippen LogP contribution is 2.32. The Labute approximate surface area is 173 Å². The minimum Gasteiger partial charge on any atom is -0.493 e. The Balaban J connectivity index is 1.81. The van der Waals surface area contributed by atoms with Gasteiger partial charge in [-0.15, -0.1) is 0 Å². The third-order valence-corrected chi connectivity index (χ3v) is 5.54. The van der Waals surface area contributed by atoms with Crippen LogP contribution in [-0.2, 0) is 4.74 Å². The van der Waals surface area contributed by atoms with Crippen molar-refractivity contribution in [3.8, 4) is 11.5 Å². The molecule has 1 N–H and O–H groups in total. The predicted octanol–water partition coefficient (Wildman–Crippen LogP) is 3.27. The third kappa shape index (κ3) is 4.84. The molecule has 1 fully saturated rings. The first-order valence-corrected chi connectivity index (χ1v) is 9.99. The first-order chi connectivity index (χ1) is 13.6. The molecule has 28 heavy (non-hydrogen) atoms. The molecule has 1 unspecified atom stereocenters. The number of ether oxygens (including phenoxy) is 3. The number of hydrogen-bond acceptors (Lipinski definition) is 5. The largest absolute Gasteiger partial charge is 0.493 e. The van der Waals surface area contributed by atoms with Crippen molar-refractivity contribution in [3.63, 3.8) is 0 Å². The normalized spacial score (nSPS) is 15.7. The van der Waals surface area contributed by atoms with Crippen LogP contribution >= 0.6 is 15.9 Å². The maximum absolute atomic E-state index is 12.7. The summed E-state index contributed by atoms with van der Waals surface area (Å²) in [5.74, 6) is 1.26. The topological polar surface area (TPSA) is 60.0 Å². The van der Waals surface area contributed by atoms with E-state index in [1.165, 1.54) is 0 Å². The molecular weight excluding hydrogens is 424 g/mol. The van der Waals surface area contributed by atoms with Crippen LogP contribution in [0.15, 0.2) is 46.9 Å². The Hall–Kier alpha value is -2.09. The minimum absolute atomic E-state index is 0.00939. The Bertz CT molecular complexity index is 809. The van der Waals surface area contributed by atoms with E-state index >= 15 is 0 Å². The van der Waals surface area contributed by atoms with Crippen molar-refractivity contribution in [3.05, 3.63) is 58.1 Å². The number of rotatable bonds is 7. The van der Waals surface area contributed by atoms with Crippen LogP contribution in [0, 0.1) is 0 Å². The van der Waals surface area contributed by atoms with Gasteiger partial charge >= 0.3 is 0 Å². The fraction of sp³-hybridized carbons (Fsp3) is 0.381. The van der Waals surface area contributed by atoms with Gasteiger partial charge in [-0.25, -0.2) is 0 Å². The number of hydrogen-bond donors (Lipinski definition) is 1. The number of nitrogens with zero attached hydrogens (tertiary/aromatic N) is 1. The highest BCUT2D eigenvalue weighted by Gasteiger charge is 2.24. The van der Waals surface area contributed by atoms with Crippen molar-refractivity contribution in [2.24, 2.45) is 0 Å². The first-order valence-electron chi connectivity index (χ1n) is 9.20. The molecular formula is C21H25BrN2O4. The molecule has 0 radical (unpaired) electrons. The third-order valence-electron chi connectivity index (χ3n) is 4.85. The summed E-state index contributed by atoms with van der Waals surface area (Å²) >= 11 is 3.44. The highest BCUT2D eigenvalue weighted by atomic mass is 79.9. The van der Waals surface area contributed by atoms with E-state index < -0.39 is 0 Å². The van der Waals surface area contributed by atoms with Gasteiger partial charge < -0.3 is 19.5 Å². The molecule has 1 amide bonds. The molecule has 0 aromatic heterocycles. The zero-order valence-electron chi connectivity index (χ0n) is 16.1. The van der Waals surface area contributed by atoms with Crippen molar-refractivity contribution >= 4 is 21.8 Å². The summed E-state index contributed by atoms with van der Waals surface area (Å²) in [6, 6.07) is 13.3. The van der Waals surface area contributed by atoms with Gasteiger partial charge in [0.1, 0.15) is 0 Å². The molecule has 1 aliphatic heterocycles. The number of halogens is 1. The second-order valence-corrected chi connectivity index (χ2v) is 7.32. The van der Waals surface area contributed by atoms with E-state index in [2.05, 4.69) is 26.1 Å². The van der Waals surface area contributed by atoms with E-state index in [9.17, 15) is 4.79 Å². The Morgan fingerprint density at radius 1 is 1.14 bits per heavy atom. The number of carbonyl (C=O) groups excluding carboxylic acids is 1. The van der Waals surface area contributed by atoms with Crippen LogP contribution in [0.4, 0.5) is 0 Å². The van der Waals surface area contributed by atoms with Crippen LogP contribution in [0.2, 0.25) is 0 Å². The predicted molar refractivity (Wildman–Crippen MR) is 111 cm³/mol. The lowest BCUT2D eigenvalue weighted by Crippen LogP contribution is -2.43. The second kappa shape index (κ2) is 9.91. The van der Waals surface area contributed by atoms with Crippen LogP contribution in [0.5, 0.6) is 11.5 Å². The van der Waals surface area contributed by atoms with Crippen LogP contribution in [0.1, 0.15) is 22.0 Å². The fourth-order valence-corrected chi connectivity index (χ4v) is 3.80. The van der Waals surface area contributed by atoms with E-state index in [0.717, 1.165) is 23.1 Å². The number of amides is 1. The molecule has 0 saturated carbocycles. The van der Waals surface area contributed by atoms with Crippen molar-refractivity contribution in [2.45, 2.75) is 6.04 Å². The van der Waals surface area contributed by atoms with Crippen LogP contribution < -0.4 is 14.8 Å². The molecule has 1 heterocycles. The molecule has 1 atom stereocenters. The molecule has 2 aromatic carbocycles. The smallest absolute Gasteiger partial charge is 0.252 e. The number of methoxy groups -OCH3 is 2. The van der Waals surface area contributed by atoms with Gasteiger partial charge in [0.05, 0.1) is 39.0 Å². The molecule has 0 spiro atoms. The van der Waals surface area contributed by atoms with Gasteiger partial charge in [-0.1, -0.05) is 18.2 Å². The second-order valence-electron chi connectivity index (χ2n) is 6.47. The zero-order chi connectivity index (χ0) is 19.9. The number of carbonyl (C=O) groups is 1. The fourth-order valence-electron chi connectivity index (χ4n) is 3.34. The van der Waals surface area contributed by atoms with Gasteiger partial charge in [-0.05, 0) is 45.8 Å². The maximum atomic E-state index is 12.7. The molecule has 2 aromatic rings. The average Bonchev–Trinajstić information content (AvgIpc) is 2.74. The van der Waals surface area contributed by atoms with E-state index in [1.807, 2.05) is 36.4 Å². The molecule has 6 nitrogen and oxygen atoms in total. The van der Waals surface area contributed by atoms with Crippen molar-refractivity contribution in [2.75, 3.05) is 47.1 Å². The molecule has 0 bridgehead atoms. The molecule has 150 valence electrons. The number of nitrogens with one attached hydrogen (secondary N) is 1. The molecule has 3 rings (SSSR count). The SMILES string of the molecule is COc1ccc(C(CNC(=O)c2ccccc2Br)N2CCOCC2)cc1OC. The standard InChI is InChI=1S/C21H25BrN2O4/c1-26-19-8-7-15(13-20(19)27-2)18(24-9-11-28-12-10-24)14-23-21(25)16-5-3-4-6-17(16)22/h3-8,13,18H,9-12,14H2,1-2H3,(H,23,25). The van der Waals surface area contributed by atoms with Crippen LogP contribution in [0.25, 0.3) is 0 Å². The van der Waals surface area contributed by atoms with Crippen molar-refractivity contribution < 1.29 is 19.0 Å². The number of morpholine rings is 1. The van der Waals surface area contributed by atoms with E-state index in [-0.39, 0.29) is 11.9 Å². The van der Waals surface area contributed by atoms with Gasteiger partial charge in [0.2, 0.25) is 0 Å². The molecule has 7 heteroatoms. The Morgan fingerprint density at radius 3 is 2.54 bits per heavy atom. The van der Waals surface area contributed by atoms with E-state index in [1.54, 1.807) is 20.3 Å². The zero-order valence-corrected chi connectivity index (χ0v) is 17.7. The van der Waals surface area contributed by atoms with Gasteiger partial charge in [-0.3, -0.25) is 9.69 Å². The summed E-state index contributed by atoms with van der Waals surface area (Å²) in [4.78, 5) is 15.0. The summed E-state index contributed by atoms with van der Waals surface area (Å²) in [6.07, 6.45) is 0. The van der Waals surface area contributed by atoms with Crippen molar-refractivity contribution in [1.29, 1.82) is 0 Å². The van der Waals surface area contributed by atoms with Crippen LogP contribution in [-0.4, -0.2) is 57.9 Å². The van der Waals surface area contributed by atoms with Gasteiger partial charge in [0.25, 0.3) is 5.91 Å². The first kappa shape index (κ1) is 20.6. The van der Waals surface area contributed by atoms with Crippen LogP contribution in [0.3, 0.4) is 0 Å². The van der Waals surface area contributed by atoms with Gasteiger partial charge in [0.15, 0.2) is 11.5 Å². The van der Waals surface area contributed by atoms with Gasteiger partial charge in [-0.2, -0.15) is 0 Å². The van der Waals surface area contributed by atoms with E-state index in [0.29, 0.717) is 36.8 Å². The molecule has 1 aliphatic rings. The molecule has 0 aliphatic carbocycles. The monoisotopic (exact) mass is 448 g/mol. The summed E-state index contributed by atoms with van der Waals surface area (Å²) in [7, 11) is 3.25. The molecule has 1 saturated heterocycles. The highest BCUT2D eigenvalue weighted by molar-refractivity contribution is 9.10. The lowest BCUT2D eigenvalue weighted by Gasteiger charge is -2.35. The Morgan fingerprint density at radius 2 is 1.86 bits per heavy atom. The number of benzene rings is 2. The average molecular weight is 449 g/mol. The van der Waals surface area contributed by atoms with Gasteiger partial charge in [0, 0.05) is 24.1 Å². The Kier molecular flexibility index (Phi) is 7.30. The van der Waals surface area contributed by atoms with E-state index in [4.69, 9.17) is 14.2 Å². The summed E-state index contributed by atoms with van der Waals surface area (Å²) < 4.78 is 17.1. The van der Waals surface area contributed by atoms with Crippen molar-refractivity contribution in [1.82, 2.24) is 10.2 Å². The summed E-state index contributed by atoms with van der Waals surface area (Å²) in [6.45, 7) is 3.47. The minimum atomic E-state index is -0.105. The summed E-state index contributed by atoms with van der Waals surface area (Å²) in [5, 5.41) is 3.08.